The average Bonchev–Trinajstić information content (AvgIpc) is 3.17. The molecule has 1 aromatic carbocycles. The van der Waals surface area contributed by atoms with Gasteiger partial charge in [0.15, 0.2) is 0 Å². The molecule has 0 N–H and O–H groups in total. The summed E-state index contributed by atoms with van der Waals surface area (Å²) in [5.41, 5.74) is 0.485. The molecule has 0 spiro atoms. The first-order chi connectivity index (χ1) is 9.06. The molecule has 1 fully saturated rings. The number of fused-ring (bicyclic) bond motifs is 1. The van der Waals surface area contributed by atoms with Crippen LogP contribution in [-0.4, -0.2) is 9.49 Å². The van der Waals surface area contributed by atoms with Crippen LogP contribution >= 0.6 is 11.6 Å². The first-order valence-corrected chi connectivity index (χ1v) is 6.41. The lowest BCUT2D eigenvalue weighted by atomic mass is 10.2. The SMILES string of the molecule is O=c1cc(Cl)c2cc([N+](=O)[O-])ccc2n1CC1CC1. The van der Waals surface area contributed by atoms with Gasteiger partial charge in [-0.05, 0) is 24.8 Å². The molecule has 98 valence electrons. The summed E-state index contributed by atoms with van der Waals surface area (Å²) in [5.74, 6) is 0.539. The van der Waals surface area contributed by atoms with Crippen molar-refractivity contribution in [1.82, 2.24) is 4.57 Å². The Morgan fingerprint density at radius 1 is 1.37 bits per heavy atom. The van der Waals surface area contributed by atoms with Crippen LogP contribution < -0.4 is 5.56 Å². The molecule has 1 saturated carbocycles. The minimum absolute atomic E-state index is 0.0222. The maximum absolute atomic E-state index is 12.0. The van der Waals surface area contributed by atoms with Gasteiger partial charge in [-0.15, -0.1) is 0 Å². The van der Waals surface area contributed by atoms with Crippen molar-refractivity contribution in [3.63, 3.8) is 0 Å². The van der Waals surface area contributed by atoms with Crippen molar-refractivity contribution in [2.45, 2.75) is 19.4 Å². The molecular formula is C13H11ClN2O3. The largest absolute Gasteiger partial charge is 0.308 e. The predicted octanol–water partition coefficient (Wildman–Crippen LogP) is 2.97. The number of hydrogen-bond donors (Lipinski definition) is 0. The molecule has 1 heterocycles. The molecule has 0 amide bonds. The summed E-state index contributed by atoms with van der Waals surface area (Å²) in [6, 6.07) is 5.75. The number of rotatable bonds is 3. The second kappa shape index (κ2) is 4.35. The van der Waals surface area contributed by atoms with E-state index in [-0.39, 0.29) is 16.3 Å². The van der Waals surface area contributed by atoms with Gasteiger partial charge in [0.25, 0.3) is 11.2 Å². The molecule has 5 nitrogen and oxygen atoms in total. The second-order valence-corrected chi connectivity index (χ2v) is 5.25. The molecule has 1 aliphatic carbocycles. The van der Waals surface area contributed by atoms with E-state index in [1.54, 1.807) is 10.6 Å². The first-order valence-electron chi connectivity index (χ1n) is 6.04. The number of nitro groups is 1. The Morgan fingerprint density at radius 2 is 2.11 bits per heavy atom. The van der Waals surface area contributed by atoms with Crippen molar-refractivity contribution in [2.75, 3.05) is 0 Å². The predicted molar refractivity (Wildman–Crippen MR) is 72.6 cm³/mol. The van der Waals surface area contributed by atoms with Crippen LogP contribution in [0.15, 0.2) is 29.1 Å². The molecule has 19 heavy (non-hydrogen) atoms. The lowest BCUT2D eigenvalue weighted by Crippen LogP contribution is -2.20. The van der Waals surface area contributed by atoms with E-state index in [0.29, 0.717) is 23.4 Å². The number of nitrogens with zero attached hydrogens (tertiary/aromatic N) is 2. The summed E-state index contributed by atoms with van der Waals surface area (Å²) in [7, 11) is 0. The molecule has 3 rings (SSSR count). The third kappa shape index (κ3) is 2.21. The van der Waals surface area contributed by atoms with Crippen LogP contribution in [0.4, 0.5) is 5.69 Å². The van der Waals surface area contributed by atoms with Gasteiger partial charge < -0.3 is 4.57 Å². The fourth-order valence-electron chi connectivity index (χ4n) is 2.19. The van der Waals surface area contributed by atoms with Crippen LogP contribution in [0.2, 0.25) is 5.02 Å². The van der Waals surface area contributed by atoms with Crippen molar-refractivity contribution in [2.24, 2.45) is 5.92 Å². The lowest BCUT2D eigenvalue weighted by molar-refractivity contribution is -0.384. The maximum atomic E-state index is 12.0. The monoisotopic (exact) mass is 278 g/mol. The topological polar surface area (TPSA) is 65.1 Å². The smallest absolute Gasteiger partial charge is 0.270 e. The first kappa shape index (κ1) is 12.2. The van der Waals surface area contributed by atoms with Gasteiger partial charge in [0, 0.05) is 30.1 Å². The fourth-order valence-corrected chi connectivity index (χ4v) is 2.44. The number of nitro benzene ring substituents is 1. The van der Waals surface area contributed by atoms with Crippen molar-refractivity contribution < 1.29 is 4.92 Å². The van der Waals surface area contributed by atoms with Gasteiger partial charge in [0.2, 0.25) is 0 Å². The summed E-state index contributed by atoms with van der Waals surface area (Å²) in [4.78, 5) is 22.3. The van der Waals surface area contributed by atoms with Crippen LogP contribution in [0.5, 0.6) is 0 Å². The van der Waals surface area contributed by atoms with Gasteiger partial charge in [-0.3, -0.25) is 14.9 Å². The van der Waals surface area contributed by atoms with E-state index in [9.17, 15) is 14.9 Å². The van der Waals surface area contributed by atoms with Gasteiger partial charge in [0.1, 0.15) is 0 Å². The quantitative estimate of drug-likeness (QED) is 0.640. The van der Waals surface area contributed by atoms with E-state index in [0.717, 1.165) is 12.8 Å². The highest BCUT2D eigenvalue weighted by atomic mass is 35.5. The normalized spacial score (nSPS) is 14.8. The molecule has 0 atom stereocenters. The number of halogens is 1. The zero-order valence-electron chi connectivity index (χ0n) is 10.0. The number of aromatic nitrogens is 1. The minimum Gasteiger partial charge on any atom is -0.308 e. The maximum Gasteiger partial charge on any atom is 0.270 e. The minimum atomic E-state index is -0.466. The Hall–Kier alpha value is -1.88. The zero-order chi connectivity index (χ0) is 13.6. The number of benzene rings is 1. The summed E-state index contributed by atoms with van der Waals surface area (Å²) < 4.78 is 1.66. The lowest BCUT2D eigenvalue weighted by Gasteiger charge is -2.10. The van der Waals surface area contributed by atoms with Crippen molar-refractivity contribution >= 4 is 28.2 Å². The van der Waals surface area contributed by atoms with Crippen LogP contribution in [-0.2, 0) is 6.54 Å². The van der Waals surface area contributed by atoms with Gasteiger partial charge in [0.05, 0.1) is 15.5 Å². The van der Waals surface area contributed by atoms with Crippen molar-refractivity contribution in [3.05, 3.63) is 49.8 Å². The Labute approximate surface area is 113 Å². The molecule has 0 bridgehead atoms. The van der Waals surface area contributed by atoms with Crippen LogP contribution in [0, 0.1) is 16.0 Å². The van der Waals surface area contributed by atoms with Crippen molar-refractivity contribution in [1.29, 1.82) is 0 Å². The van der Waals surface area contributed by atoms with E-state index < -0.39 is 4.92 Å². The summed E-state index contributed by atoms with van der Waals surface area (Å²) in [6.45, 7) is 0.657. The molecule has 1 aliphatic rings. The molecule has 6 heteroatoms. The Kier molecular flexibility index (Phi) is 2.78. The van der Waals surface area contributed by atoms with E-state index in [4.69, 9.17) is 11.6 Å². The molecular weight excluding hydrogens is 268 g/mol. The van der Waals surface area contributed by atoms with E-state index in [1.165, 1.54) is 18.2 Å². The highest BCUT2D eigenvalue weighted by Crippen LogP contribution is 2.32. The average molecular weight is 279 g/mol. The molecule has 0 aliphatic heterocycles. The molecule has 0 radical (unpaired) electrons. The zero-order valence-corrected chi connectivity index (χ0v) is 10.8. The van der Waals surface area contributed by atoms with Crippen LogP contribution in [0.1, 0.15) is 12.8 Å². The van der Waals surface area contributed by atoms with Gasteiger partial charge in [-0.1, -0.05) is 11.6 Å². The van der Waals surface area contributed by atoms with Gasteiger partial charge >= 0.3 is 0 Å². The standard InChI is InChI=1S/C13H11ClN2O3/c14-11-6-13(17)15(7-8-1-2-8)12-4-3-9(16(18)19)5-10(11)12/h3-6,8H,1-2,7H2. The Morgan fingerprint density at radius 3 is 2.74 bits per heavy atom. The van der Waals surface area contributed by atoms with Gasteiger partial charge in [-0.25, -0.2) is 0 Å². The Bertz CT molecular complexity index is 734. The number of non-ortho nitro benzene ring substituents is 1. The molecule has 0 saturated heterocycles. The third-order valence-corrected chi connectivity index (χ3v) is 3.71. The summed E-state index contributed by atoms with van der Waals surface area (Å²) >= 11 is 6.03. The Balaban J connectivity index is 2.24. The van der Waals surface area contributed by atoms with E-state index in [1.807, 2.05) is 0 Å². The fraction of sp³-hybridized carbons (Fsp3) is 0.308. The highest BCUT2D eigenvalue weighted by molar-refractivity contribution is 6.35. The summed E-state index contributed by atoms with van der Waals surface area (Å²) in [6.07, 6.45) is 2.26. The third-order valence-electron chi connectivity index (χ3n) is 3.39. The van der Waals surface area contributed by atoms with Crippen LogP contribution in [0.25, 0.3) is 10.9 Å². The van der Waals surface area contributed by atoms with Gasteiger partial charge in [-0.2, -0.15) is 0 Å². The number of pyridine rings is 1. The molecule has 0 unspecified atom stereocenters. The number of hydrogen-bond acceptors (Lipinski definition) is 3. The van der Waals surface area contributed by atoms with E-state index in [2.05, 4.69) is 0 Å². The van der Waals surface area contributed by atoms with E-state index >= 15 is 0 Å². The second-order valence-electron chi connectivity index (χ2n) is 4.84. The summed E-state index contributed by atoms with van der Waals surface area (Å²) in [5, 5.41) is 11.6. The van der Waals surface area contributed by atoms with Crippen molar-refractivity contribution in [3.8, 4) is 0 Å². The molecule has 2 aromatic rings. The highest BCUT2D eigenvalue weighted by Gasteiger charge is 2.23. The molecule has 1 aromatic heterocycles. The van der Waals surface area contributed by atoms with Crippen LogP contribution in [0.3, 0.4) is 0 Å².